The Morgan fingerprint density at radius 3 is 1.20 bits per heavy atom. The average molecular weight is 715 g/mol. The summed E-state index contributed by atoms with van der Waals surface area (Å²) in [4.78, 5) is 0. The molecule has 2 nitrogen and oxygen atoms in total. The lowest BCUT2D eigenvalue weighted by Crippen LogP contribution is -2.13. The minimum atomic E-state index is 0.516. The average Bonchev–Trinajstić information content (AvgIpc) is 3.23. The number of fused-ring (bicyclic) bond motifs is 2. The fourth-order valence-electron chi connectivity index (χ4n) is 9.74. The van der Waals surface area contributed by atoms with Gasteiger partial charge in [0.2, 0.25) is 0 Å². The van der Waals surface area contributed by atoms with E-state index in [2.05, 4.69) is 135 Å². The van der Waals surface area contributed by atoms with E-state index in [1.54, 1.807) is 0 Å². The summed E-state index contributed by atoms with van der Waals surface area (Å²) in [6.07, 6.45) is 16.2. The minimum Gasteiger partial charge on any atom is -0.488 e. The van der Waals surface area contributed by atoms with Gasteiger partial charge in [-0.15, -0.1) is 0 Å². The molecule has 0 heterocycles. The van der Waals surface area contributed by atoms with Gasteiger partial charge in [0.05, 0.1) is 0 Å². The molecule has 2 fully saturated rings. The van der Waals surface area contributed by atoms with Gasteiger partial charge in [-0.05, 0) is 131 Å². The van der Waals surface area contributed by atoms with Crippen LogP contribution < -0.4 is 9.47 Å². The van der Waals surface area contributed by atoms with Crippen LogP contribution in [0.5, 0.6) is 11.5 Å². The van der Waals surface area contributed by atoms with Crippen molar-refractivity contribution in [2.24, 2.45) is 11.8 Å². The summed E-state index contributed by atoms with van der Waals surface area (Å²) < 4.78 is 13.6. The van der Waals surface area contributed by atoms with Crippen molar-refractivity contribution in [3.8, 4) is 22.6 Å². The predicted molar refractivity (Wildman–Crippen MR) is 228 cm³/mol. The molecule has 2 heteroatoms. The van der Waals surface area contributed by atoms with Crippen molar-refractivity contribution in [3.63, 3.8) is 0 Å². The summed E-state index contributed by atoms with van der Waals surface area (Å²) in [6, 6.07) is 44.6. The maximum atomic E-state index is 6.81. The Kier molecular flexibility index (Phi) is 11.7. The number of hydrogen-bond acceptors (Lipinski definition) is 2. The molecular formula is C52H58O2. The molecule has 2 aliphatic carbocycles. The normalized spacial score (nSPS) is 20.3. The van der Waals surface area contributed by atoms with Crippen LogP contribution in [0.2, 0.25) is 0 Å². The number of ether oxygens (including phenoxy) is 2. The largest absolute Gasteiger partial charge is 0.488 e. The Bertz CT molecular complexity index is 1960. The first kappa shape index (κ1) is 36.4. The van der Waals surface area contributed by atoms with Gasteiger partial charge < -0.3 is 9.47 Å². The van der Waals surface area contributed by atoms with E-state index >= 15 is 0 Å². The topological polar surface area (TPSA) is 18.5 Å². The van der Waals surface area contributed by atoms with E-state index in [0.29, 0.717) is 25.0 Å². The summed E-state index contributed by atoms with van der Waals surface area (Å²) in [6.45, 7) is 5.67. The number of benzene rings is 6. The molecule has 6 aromatic rings. The van der Waals surface area contributed by atoms with Crippen molar-refractivity contribution in [2.75, 3.05) is 0 Å². The summed E-state index contributed by atoms with van der Waals surface area (Å²) in [5.74, 6) is 5.01. The van der Waals surface area contributed by atoms with E-state index < -0.39 is 0 Å². The SMILES string of the molecule is CCCC1CCC(c2ccc(COc3ccc4ccccc4c3-c3c(OCc4ccc(C5CCC(CCC)CC5)cc4)ccc4ccccc34)cc2)CC1. The summed E-state index contributed by atoms with van der Waals surface area (Å²) in [7, 11) is 0. The third-order valence-electron chi connectivity index (χ3n) is 12.8. The molecule has 0 atom stereocenters. The molecule has 0 aromatic heterocycles. The number of hydrogen-bond donors (Lipinski definition) is 0. The second-order valence-corrected chi connectivity index (χ2v) is 16.4. The molecular weight excluding hydrogens is 657 g/mol. The molecule has 0 spiro atoms. The van der Waals surface area contributed by atoms with Gasteiger partial charge in [0.15, 0.2) is 0 Å². The van der Waals surface area contributed by atoms with Crippen LogP contribution in [0.25, 0.3) is 32.7 Å². The highest BCUT2D eigenvalue weighted by Crippen LogP contribution is 2.46. The van der Waals surface area contributed by atoms with Crippen LogP contribution in [0.1, 0.15) is 125 Å². The quantitative estimate of drug-likeness (QED) is 0.119. The lowest BCUT2D eigenvalue weighted by atomic mass is 9.77. The van der Waals surface area contributed by atoms with Gasteiger partial charge in [-0.25, -0.2) is 0 Å². The van der Waals surface area contributed by atoms with Gasteiger partial charge in [0, 0.05) is 11.1 Å². The van der Waals surface area contributed by atoms with Crippen LogP contribution in [0, 0.1) is 11.8 Å². The van der Waals surface area contributed by atoms with Crippen molar-refractivity contribution in [2.45, 2.75) is 116 Å². The van der Waals surface area contributed by atoms with Crippen molar-refractivity contribution in [1.29, 1.82) is 0 Å². The Morgan fingerprint density at radius 1 is 0.426 bits per heavy atom. The standard InChI is InChI=1S/C52H58O2/c1-3-9-37-15-23-41(24-16-37)43-27-19-39(20-28-43)35-53-49-33-31-45-11-5-7-13-47(45)51(49)52-48-14-8-6-12-46(48)32-34-50(52)54-36-40-21-29-44(30-22-40)42-25-17-38(10-4-2)18-26-42/h5-8,11-14,19-22,27-34,37-38,41-42H,3-4,9-10,15-18,23-26,35-36H2,1-2H3. The highest BCUT2D eigenvalue weighted by Gasteiger charge is 2.24. The van der Waals surface area contributed by atoms with E-state index in [1.807, 2.05) is 0 Å². The molecule has 0 radical (unpaired) electrons. The van der Waals surface area contributed by atoms with Gasteiger partial charge in [0.25, 0.3) is 0 Å². The molecule has 6 aromatic carbocycles. The fourth-order valence-corrected chi connectivity index (χ4v) is 9.74. The molecule has 0 amide bonds. The Hall–Kier alpha value is -4.56. The fraction of sp³-hybridized carbons (Fsp3) is 0.385. The van der Waals surface area contributed by atoms with E-state index in [9.17, 15) is 0 Å². The number of rotatable bonds is 13. The summed E-state index contributed by atoms with van der Waals surface area (Å²) in [5.41, 5.74) is 7.56. The molecule has 0 saturated heterocycles. The zero-order valence-electron chi connectivity index (χ0n) is 32.6. The first-order valence-corrected chi connectivity index (χ1v) is 21.1. The van der Waals surface area contributed by atoms with Crippen LogP contribution in [0.15, 0.2) is 121 Å². The monoisotopic (exact) mass is 714 g/mol. The summed E-state index contributed by atoms with van der Waals surface area (Å²) >= 11 is 0. The van der Waals surface area contributed by atoms with Gasteiger partial charge in [-0.2, -0.15) is 0 Å². The lowest BCUT2D eigenvalue weighted by molar-refractivity contribution is 0.302. The van der Waals surface area contributed by atoms with E-state index in [4.69, 9.17) is 9.47 Å². The molecule has 2 saturated carbocycles. The highest BCUT2D eigenvalue weighted by molar-refractivity contribution is 6.09. The molecule has 278 valence electrons. The van der Waals surface area contributed by atoms with Gasteiger partial charge in [-0.3, -0.25) is 0 Å². The third-order valence-corrected chi connectivity index (χ3v) is 12.8. The van der Waals surface area contributed by atoms with Crippen molar-refractivity contribution in [3.05, 3.63) is 144 Å². The zero-order chi connectivity index (χ0) is 36.7. The first-order valence-electron chi connectivity index (χ1n) is 21.1. The molecule has 0 unspecified atom stereocenters. The Morgan fingerprint density at radius 2 is 0.815 bits per heavy atom. The van der Waals surface area contributed by atoms with Crippen LogP contribution in [-0.2, 0) is 13.2 Å². The van der Waals surface area contributed by atoms with Crippen molar-refractivity contribution in [1.82, 2.24) is 0 Å². The second kappa shape index (κ2) is 17.3. The lowest BCUT2D eigenvalue weighted by Gasteiger charge is -2.28. The van der Waals surface area contributed by atoms with Crippen LogP contribution in [-0.4, -0.2) is 0 Å². The van der Waals surface area contributed by atoms with Crippen molar-refractivity contribution >= 4 is 21.5 Å². The maximum Gasteiger partial charge on any atom is 0.128 e. The van der Waals surface area contributed by atoms with Crippen molar-refractivity contribution < 1.29 is 9.47 Å². The molecule has 2 aliphatic rings. The van der Waals surface area contributed by atoms with E-state index in [0.717, 1.165) is 34.5 Å². The Balaban J connectivity index is 1.05. The summed E-state index contributed by atoms with van der Waals surface area (Å²) in [5, 5.41) is 4.72. The van der Waals surface area contributed by atoms with Gasteiger partial charge in [0.1, 0.15) is 24.7 Å². The van der Waals surface area contributed by atoms with Crippen LogP contribution in [0.4, 0.5) is 0 Å². The first-order chi connectivity index (χ1) is 26.7. The maximum absolute atomic E-state index is 6.81. The predicted octanol–water partition coefficient (Wildman–Crippen LogP) is 15.0. The third kappa shape index (κ3) is 8.24. The smallest absolute Gasteiger partial charge is 0.128 e. The van der Waals surface area contributed by atoms with Crippen LogP contribution >= 0.6 is 0 Å². The van der Waals surface area contributed by atoms with Gasteiger partial charge in [-0.1, -0.05) is 149 Å². The molecule has 8 rings (SSSR count). The zero-order valence-corrected chi connectivity index (χ0v) is 32.6. The van der Waals surface area contributed by atoms with E-state index in [1.165, 1.54) is 121 Å². The van der Waals surface area contributed by atoms with Gasteiger partial charge >= 0.3 is 0 Å². The van der Waals surface area contributed by atoms with Crippen LogP contribution in [0.3, 0.4) is 0 Å². The highest BCUT2D eigenvalue weighted by atomic mass is 16.5. The Labute approximate surface area is 323 Å². The van der Waals surface area contributed by atoms with E-state index in [-0.39, 0.29) is 0 Å². The molecule has 0 N–H and O–H groups in total. The second-order valence-electron chi connectivity index (χ2n) is 16.4. The molecule has 54 heavy (non-hydrogen) atoms. The minimum absolute atomic E-state index is 0.516. The molecule has 0 aliphatic heterocycles. The molecule has 0 bridgehead atoms.